The van der Waals surface area contributed by atoms with E-state index in [0.717, 1.165) is 17.3 Å². The summed E-state index contributed by atoms with van der Waals surface area (Å²) < 4.78 is 4.93. The van der Waals surface area contributed by atoms with Gasteiger partial charge in [-0.05, 0) is 11.8 Å². The maximum Gasteiger partial charge on any atom is 0.408 e. The van der Waals surface area contributed by atoms with Crippen LogP contribution in [0.3, 0.4) is 0 Å². The number of carboxylic acid groups (broad SMARTS) is 1. The Hall–Kier alpha value is -2.02. The van der Waals surface area contributed by atoms with Crippen molar-refractivity contribution in [2.75, 3.05) is 6.26 Å². The largest absolute Gasteiger partial charge is 0.480 e. The van der Waals surface area contributed by atoms with Gasteiger partial charge in [0.15, 0.2) is 0 Å². The Labute approximate surface area is 121 Å². The van der Waals surface area contributed by atoms with Crippen LogP contribution in [0.5, 0.6) is 0 Å². The molecule has 0 radical (unpaired) electrons. The van der Waals surface area contributed by atoms with Crippen LogP contribution in [-0.2, 0) is 16.1 Å². The molecular formula is C13H16N2O4S. The Morgan fingerprint density at radius 1 is 1.40 bits per heavy atom. The molecule has 0 aromatic heterocycles. The number of hydrogen-bond donors (Lipinski definition) is 3. The molecular weight excluding hydrogens is 280 g/mol. The van der Waals surface area contributed by atoms with Crippen LogP contribution >= 0.6 is 11.8 Å². The van der Waals surface area contributed by atoms with Gasteiger partial charge in [-0.15, -0.1) is 11.8 Å². The molecule has 1 amide bonds. The molecule has 0 spiro atoms. The smallest absolute Gasteiger partial charge is 0.408 e. The number of carbonyl (C=O) groups is 2. The lowest BCUT2D eigenvalue weighted by Crippen LogP contribution is -2.42. The zero-order chi connectivity index (χ0) is 15.0. The van der Waals surface area contributed by atoms with E-state index in [2.05, 4.69) is 5.32 Å². The number of ether oxygens (including phenoxy) is 1. The second kappa shape index (κ2) is 8.21. The summed E-state index contributed by atoms with van der Waals surface area (Å²) in [4.78, 5) is 22.5. The molecule has 0 fully saturated rings. The van der Waals surface area contributed by atoms with Gasteiger partial charge < -0.3 is 15.2 Å². The van der Waals surface area contributed by atoms with Gasteiger partial charge in [-0.3, -0.25) is 5.41 Å². The highest BCUT2D eigenvalue weighted by atomic mass is 32.2. The molecule has 7 heteroatoms. The first-order chi connectivity index (χ1) is 9.52. The maximum atomic E-state index is 11.5. The summed E-state index contributed by atoms with van der Waals surface area (Å²) in [6, 6.07) is 7.92. The Kier molecular flexibility index (Phi) is 6.58. The molecule has 0 aliphatic heterocycles. The van der Waals surface area contributed by atoms with E-state index >= 15 is 0 Å². The lowest BCUT2D eigenvalue weighted by molar-refractivity contribution is -0.139. The number of rotatable bonds is 6. The van der Waals surface area contributed by atoms with Gasteiger partial charge in [0.2, 0.25) is 0 Å². The molecule has 1 aromatic rings. The highest BCUT2D eigenvalue weighted by Gasteiger charge is 2.22. The number of aliphatic carboxylic acids is 1. The number of carboxylic acids is 1. The SMILES string of the molecule is CSC(=N)CC(NC(=O)OCc1ccccc1)C(=O)O. The van der Waals surface area contributed by atoms with Crippen LogP contribution in [-0.4, -0.2) is 34.5 Å². The second-order valence-corrected chi connectivity index (χ2v) is 4.83. The van der Waals surface area contributed by atoms with E-state index in [-0.39, 0.29) is 18.1 Å². The van der Waals surface area contributed by atoms with Crippen molar-refractivity contribution in [3.05, 3.63) is 35.9 Å². The van der Waals surface area contributed by atoms with Gasteiger partial charge >= 0.3 is 12.1 Å². The molecule has 0 aliphatic rings. The van der Waals surface area contributed by atoms with Crippen molar-refractivity contribution in [3.63, 3.8) is 0 Å². The lowest BCUT2D eigenvalue weighted by atomic mass is 10.2. The first-order valence-corrected chi connectivity index (χ1v) is 7.07. The first-order valence-electron chi connectivity index (χ1n) is 5.84. The number of nitrogens with one attached hydrogen (secondary N) is 2. The fourth-order valence-electron chi connectivity index (χ4n) is 1.38. The third-order valence-electron chi connectivity index (χ3n) is 2.44. The molecule has 0 aliphatic carbocycles. The van der Waals surface area contributed by atoms with Crippen molar-refractivity contribution in [2.24, 2.45) is 0 Å². The zero-order valence-corrected chi connectivity index (χ0v) is 11.8. The van der Waals surface area contributed by atoms with E-state index in [1.54, 1.807) is 18.4 Å². The van der Waals surface area contributed by atoms with Gasteiger partial charge in [0.25, 0.3) is 0 Å². The van der Waals surface area contributed by atoms with Crippen molar-refractivity contribution in [1.29, 1.82) is 5.41 Å². The molecule has 0 bridgehead atoms. The van der Waals surface area contributed by atoms with Crippen molar-refractivity contribution in [1.82, 2.24) is 5.32 Å². The maximum absolute atomic E-state index is 11.5. The molecule has 6 nitrogen and oxygen atoms in total. The molecule has 108 valence electrons. The van der Waals surface area contributed by atoms with Crippen LogP contribution in [0.15, 0.2) is 30.3 Å². The number of benzene rings is 1. The van der Waals surface area contributed by atoms with E-state index in [1.807, 2.05) is 18.2 Å². The molecule has 3 N–H and O–H groups in total. The lowest BCUT2D eigenvalue weighted by Gasteiger charge is -2.14. The molecule has 1 unspecified atom stereocenters. The van der Waals surface area contributed by atoms with Crippen LogP contribution in [0.25, 0.3) is 0 Å². The van der Waals surface area contributed by atoms with Gasteiger partial charge in [-0.25, -0.2) is 9.59 Å². The molecule has 20 heavy (non-hydrogen) atoms. The number of amides is 1. The highest BCUT2D eigenvalue weighted by Crippen LogP contribution is 2.05. The van der Waals surface area contributed by atoms with Crippen molar-refractivity contribution in [3.8, 4) is 0 Å². The number of carbonyl (C=O) groups excluding carboxylic acids is 1. The first kappa shape index (κ1) is 16.0. The van der Waals surface area contributed by atoms with Crippen molar-refractivity contribution >= 4 is 28.9 Å². The minimum atomic E-state index is -1.19. The quantitative estimate of drug-likeness (QED) is 0.551. The Bertz CT molecular complexity index is 479. The molecule has 0 saturated heterocycles. The summed E-state index contributed by atoms with van der Waals surface area (Å²) in [5.41, 5.74) is 0.811. The Balaban J connectivity index is 2.46. The van der Waals surface area contributed by atoms with Crippen LogP contribution < -0.4 is 5.32 Å². The Morgan fingerprint density at radius 2 is 2.05 bits per heavy atom. The van der Waals surface area contributed by atoms with Crippen LogP contribution in [0.4, 0.5) is 4.79 Å². The molecule has 0 saturated carbocycles. The van der Waals surface area contributed by atoms with E-state index in [9.17, 15) is 9.59 Å². The molecule has 1 atom stereocenters. The second-order valence-electron chi connectivity index (χ2n) is 3.93. The average Bonchev–Trinajstić information content (AvgIpc) is 2.45. The molecule has 1 rings (SSSR count). The fourth-order valence-corrected chi connectivity index (χ4v) is 1.71. The number of thioether (sulfide) groups is 1. The van der Waals surface area contributed by atoms with Gasteiger partial charge in [-0.1, -0.05) is 30.3 Å². The predicted octanol–water partition coefficient (Wildman–Crippen LogP) is 2.10. The fraction of sp³-hybridized carbons (Fsp3) is 0.308. The predicted molar refractivity (Wildman–Crippen MR) is 77.0 cm³/mol. The summed E-state index contributed by atoms with van der Waals surface area (Å²) in [5.74, 6) is -1.19. The third-order valence-corrected chi connectivity index (χ3v) is 3.10. The topological polar surface area (TPSA) is 99.5 Å². The summed E-state index contributed by atoms with van der Waals surface area (Å²) in [6.45, 7) is 0.0684. The summed E-state index contributed by atoms with van der Waals surface area (Å²) in [6.07, 6.45) is 0.807. The Morgan fingerprint density at radius 3 is 2.60 bits per heavy atom. The third kappa shape index (κ3) is 5.75. The van der Waals surface area contributed by atoms with E-state index < -0.39 is 18.1 Å². The average molecular weight is 296 g/mol. The van der Waals surface area contributed by atoms with E-state index in [1.165, 1.54) is 0 Å². The summed E-state index contributed by atoms with van der Waals surface area (Å²) in [7, 11) is 0. The van der Waals surface area contributed by atoms with Crippen molar-refractivity contribution < 1.29 is 19.4 Å². The van der Waals surface area contributed by atoms with Crippen LogP contribution in [0.1, 0.15) is 12.0 Å². The monoisotopic (exact) mass is 296 g/mol. The zero-order valence-electron chi connectivity index (χ0n) is 11.0. The van der Waals surface area contributed by atoms with Crippen molar-refractivity contribution in [2.45, 2.75) is 19.1 Å². The minimum Gasteiger partial charge on any atom is -0.480 e. The summed E-state index contributed by atoms with van der Waals surface area (Å²) >= 11 is 1.14. The molecule has 0 heterocycles. The standard InChI is InChI=1S/C13H16N2O4S/c1-20-11(14)7-10(12(16)17)15-13(18)19-8-9-5-3-2-4-6-9/h2-6,10,14H,7-8H2,1H3,(H,15,18)(H,16,17). The van der Waals surface area contributed by atoms with Gasteiger partial charge in [-0.2, -0.15) is 0 Å². The number of alkyl carbamates (subject to hydrolysis) is 1. The summed E-state index contributed by atoms with van der Waals surface area (Å²) in [5, 5.41) is 18.8. The normalized spacial score (nSPS) is 11.4. The minimum absolute atomic E-state index is 0.0586. The van der Waals surface area contributed by atoms with Gasteiger partial charge in [0, 0.05) is 6.42 Å². The van der Waals surface area contributed by atoms with Gasteiger partial charge in [0.1, 0.15) is 12.6 Å². The van der Waals surface area contributed by atoms with E-state index in [4.69, 9.17) is 15.3 Å². The van der Waals surface area contributed by atoms with Gasteiger partial charge in [0.05, 0.1) is 5.04 Å². The van der Waals surface area contributed by atoms with E-state index in [0.29, 0.717) is 0 Å². The number of hydrogen-bond acceptors (Lipinski definition) is 5. The van der Waals surface area contributed by atoms with Crippen LogP contribution in [0.2, 0.25) is 0 Å². The van der Waals surface area contributed by atoms with Crippen LogP contribution in [0, 0.1) is 5.41 Å². The highest BCUT2D eigenvalue weighted by molar-refractivity contribution is 8.13. The molecule has 1 aromatic carbocycles.